The summed E-state index contributed by atoms with van der Waals surface area (Å²) in [4.78, 5) is 0. The Morgan fingerprint density at radius 1 is 1.89 bits per heavy atom. The Balaban J connectivity index is 2.39. The summed E-state index contributed by atoms with van der Waals surface area (Å²) < 4.78 is 5.10. The molecule has 0 saturated carbocycles. The molecule has 0 amide bonds. The van der Waals surface area contributed by atoms with Crippen molar-refractivity contribution in [2.24, 2.45) is 5.92 Å². The van der Waals surface area contributed by atoms with E-state index < -0.39 is 0 Å². The standard InChI is InChI=1S/C7H10OS/c1-2-3-6-4-5-8-7(6)9/h2,6H,1,3-5H2. The van der Waals surface area contributed by atoms with Gasteiger partial charge < -0.3 is 4.74 Å². The van der Waals surface area contributed by atoms with Crippen LogP contribution in [-0.4, -0.2) is 11.7 Å². The summed E-state index contributed by atoms with van der Waals surface area (Å²) >= 11 is 4.94. The maximum atomic E-state index is 5.10. The van der Waals surface area contributed by atoms with Crippen molar-refractivity contribution in [3.8, 4) is 0 Å². The monoisotopic (exact) mass is 142 g/mol. The molecule has 9 heavy (non-hydrogen) atoms. The molecular weight excluding hydrogens is 132 g/mol. The molecule has 2 heteroatoms. The predicted octanol–water partition coefficient (Wildman–Crippen LogP) is 1.93. The second-order valence-electron chi connectivity index (χ2n) is 2.18. The van der Waals surface area contributed by atoms with Crippen molar-refractivity contribution in [2.45, 2.75) is 12.8 Å². The summed E-state index contributed by atoms with van der Waals surface area (Å²) in [5.41, 5.74) is 0. The minimum absolute atomic E-state index is 0.470. The molecule has 0 spiro atoms. The normalized spacial score (nSPS) is 25.8. The van der Waals surface area contributed by atoms with Gasteiger partial charge in [-0.15, -0.1) is 6.58 Å². The molecule has 1 rings (SSSR count). The third-order valence-electron chi connectivity index (χ3n) is 1.50. The van der Waals surface area contributed by atoms with Gasteiger partial charge in [0, 0.05) is 5.92 Å². The van der Waals surface area contributed by atoms with Gasteiger partial charge in [-0.25, -0.2) is 0 Å². The first kappa shape index (κ1) is 6.75. The van der Waals surface area contributed by atoms with Crippen LogP contribution in [0.2, 0.25) is 0 Å². The van der Waals surface area contributed by atoms with Gasteiger partial charge in [-0.2, -0.15) is 0 Å². The van der Waals surface area contributed by atoms with Crippen LogP contribution in [0, 0.1) is 5.92 Å². The van der Waals surface area contributed by atoms with Crippen molar-refractivity contribution in [2.75, 3.05) is 6.61 Å². The van der Waals surface area contributed by atoms with Crippen LogP contribution in [-0.2, 0) is 4.74 Å². The van der Waals surface area contributed by atoms with Crippen LogP contribution >= 0.6 is 12.2 Å². The largest absolute Gasteiger partial charge is 0.487 e. The highest BCUT2D eigenvalue weighted by Gasteiger charge is 2.20. The summed E-state index contributed by atoms with van der Waals surface area (Å²) in [6, 6.07) is 0. The van der Waals surface area contributed by atoms with E-state index in [-0.39, 0.29) is 0 Å². The van der Waals surface area contributed by atoms with Gasteiger partial charge in [-0.3, -0.25) is 0 Å². The van der Waals surface area contributed by atoms with E-state index in [4.69, 9.17) is 17.0 Å². The second-order valence-corrected chi connectivity index (χ2v) is 2.58. The van der Waals surface area contributed by atoms with Crippen LogP contribution in [0.1, 0.15) is 12.8 Å². The topological polar surface area (TPSA) is 9.23 Å². The minimum atomic E-state index is 0.470. The molecule has 0 aromatic heterocycles. The van der Waals surface area contributed by atoms with E-state index in [9.17, 15) is 0 Å². The van der Waals surface area contributed by atoms with Crippen LogP contribution in [0.5, 0.6) is 0 Å². The summed E-state index contributed by atoms with van der Waals surface area (Å²) in [6.45, 7) is 4.45. The van der Waals surface area contributed by atoms with Gasteiger partial charge in [0.15, 0.2) is 5.05 Å². The van der Waals surface area contributed by atoms with E-state index in [2.05, 4.69) is 6.58 Å². The van der Waals surface area contributed by atoms with Crippen molar-refractivity contribution in [1.82, 2.24) is 0 Å². The molecule has 1 unspecified atom stereocenters. The Labute approximate surface area is 60.7 Å². The molecule has 0 bridgehead atoms. The number of ether oxygens (including phenoxy) is 1. The van der Waals surface area contributed by atoms with Crippen LogP contribution in [0.3, 0.4) is 0 Å². The lowest BCUT2D eigenvalue weighted by molar-refractivity contribution is 0.351. The summed E-state index contributed by atoms with van der Waals surface area (Å²) in [6.07, 6.45) is 3.94. The van der Waals surface area contributed by atoms with Gasteiger partial charge in [0.2, 0.25) is 0 Å². The Morgan fingerprint density at radius 3 is 3.11 bits per heavy atom. The third kappa shape index (κ3) is 1.52. The number of hydrogen-bond donors (Lipinski definition) is 0. The first-order chi connectivity index (χ1) is 4.34. The highest BCUT2D eigenvalue weighted by Crippen LogP contribution is 2.19. The lowest BCUT2D eigenvalue weighted by Gasteiger charge is -2.00. The molecule has 1 atom stereocenters. The molecule has 1 fully saturated rings. The molecular formula is C7H10OS. The molecule has 1 aliphatic heterocycles. The maximum absolute atomic E-state index is 5.10. The Kier molecular flexibility index (Phi) is 2.22. The van der Waals surface area contributed by atoms with E-state index in [1.165, 1.54) is 0 Å². The Bertz CT molecular complexity index is 131. The van der Waals surface area contributed by atoms with Gasteiger partial charge in [-0.05, 0) is 25.1 Å². The average molecular weight is 142 g/mol. The zero-order valence-corrected chi connectivity index (χ0v) is 6.12. The van der Waals surface area contributed by atoms with Crippen LogP contribution in [0.15, 0.2) is 12.7 Å². The summed E-state index contributed by atoms with van der Waals surface area (Å²) in [5.74, 6) is 0.470. The summed E-state index contributed by atoms with van der Waals surface area (Å²) in [7, 11) is 0. The molecule has 0 aromatic carbocycles. The van der Waals surface area contributed by atoms with Crippen molar-refractivity contribution < 1.29 is 4.74 Å². The molecule has 0 aromatic rings. The lowest BCUT2D eigenvalue weighted by atomic mass is 10.1. The van der Waals surface area contributed by atoms with E-state index in [0.717, 1.165) is 24.5 Å². The highest BCUT2D eigenvalue weighted by molar-refractivity contribution is 7.80. The molecule has 1 aliphatic rings. The molecule has 50 valence electrons. The lowest BCUT2D eigenvalue weighted by Crippen LogP contribution is -2.02. The van der Waals surface area contributed by atoms with E-state index in [1.54, 1.807) is 0 Å². The fourth-order valence-corrected chi connectivity index (χ4v) is 1.25. The van der Waals surface area contributed by atoms with Crippen molar-refractivity contribution in [1.29, 1.82) is 0 Å². The third-order valence-corrected chi connectivity index (χ3v) is 1.95. The van der Waals surface area contributed by atoms with Crippen molar-refractivity contribution in [3.05, 3.63) is 12.7 Å². The zero-order valence-electron chi connectivity index (χ0n) is 5.30. The van der Waals surface area contributed by atoms with Crippen LogP contribution in [0.25, 0.3) is 0 Å². The van der Waals surface area contributed by atoms with Crippen molar-refractivity contribution >= 4 is 17.3 Å². The van der Waals surface area contributed by atoms with E-state index in [0.29, 0.717) is 5.92 Å². The quantitative estimate of drug-likeness (QED) is 0.430. The van der Waals surface area contributed by atoms with Gasteiger partial charge in [0.1, 0.15) is 0 Å². The van der Waals surface area contributed by atoms with Crippen LogP contribution < -0.4 is 0 Å². The van der Waals surface area contributed by atoms with E-state index >= 15 is 0 Å². The molecule has 1 nitrogen and oxygen atoms in total. The summed E-state index contributed by atoms with van der Waals surface area (Å²) in [5, 5.41) is 0.773. The fourth-order valence-electron chi connectivity index (χ4n) is 0.953. The minimum Gasteiger partial charge on any atom is -0.487 e. The number of rotatable bonds is 2. The number of hydrogen-bond acceptors (Lipinski definition) is 2. The van der Waals surface area contributed by atoms with Gasteiger partial charge in [0.05, 0.1) is 6.61 Å². The van der Waals surface area contributed by atoms with Crippen LogP contribution in [0.4, 0.5) is 0 Å². The van der Waals surface area contributed by atoms with Crippen molar-refractivity contribution in [3.63, 3.8) is 0 Å². The Morgan fingerprint density at radius 2 is 2.67 bits per heavy atom. The predicted molar refractivity (Wildman–Crippen MR) is 41.5 cm³/mol. The highest BCUT2D eigenvalue weighted by atomic mass is 32.1. The Hall–Kier alpha value is -0.370. The smallest absolute Gasteiger partial charge is 0.163 e. The zero-order chi connectivity index (χ0) is 6.69. The molecule has 1 saturated heterocycles. The first-order valence-corrected chi connectivity index (χ1v) is 3.53. The molecule has 1 heterocycles. The van der Waals surface area contributed by atoms with E-state index in [1.807, 2.05) is 6.08 Å². The number of thiocarbonyl (C=S) groups is 1. The van der Waals surface area contributed by atoms with Gasteiger partial charge in [-0.1, -0.05) is 6.08 Å². The van der Waals surface area contributed by atoms with Gasteiger partial charge in [0.25, 0.3) is 0 Å². The molecule has 0 aliphatic carbocycles. The average Bonchev–Trinajstić information content (AvgIpc) is 2.18. The van der Waals surface area contributed by atoms with Gasteiger partial charge >= 0.3 is 0 Å². The number of allylic oxidation sites excluding steroid dienone is 1. The fraction of sp³-hybridized carbons (Fsp3) is 0.571. The second kappa shape index (κ2) is 2.97. The SMILES string of the molecule is C=CCC1CCOC1=S. The molecule has 0 N–H and O–H groups in total. The molecule has 0 radical (unpaired) electrons. The maximum Gasteiger partial charge on any atom is 0.163 e. The first-order valence-electron chi connectivity index (χ1n) is 3.12.